The van der Waals surface area contributed by atoms with Crippen LogP contribution in [0.15, 0.2) is 0 Å². The molecule has 0 saturated carbocycles. The summed E-state index contributed by atoms with van der Waals surface area (Å²) in [6.45, 7) is 6.21. The first-order chi connectivity index (χ1) is 6.43. The van der Waals surface area contributed by atoms with Gasteiger partial charge in [-0.1, -0.05) is 0 Å². The normalized spacial score (nSPS) is 27.5. The van der Waals surface area contributed by atoms with Crippen LogP contribution >= 0.6 is 0 Å². The standard InChI is InChI=1S/C10H20N2O2/c1-10(2)7-11-6-8(12(10)3)4-5-9(13)14/h8,11H,4-7H2,1-3H3,(H,13,14). The highest BCUT2D eigenvalue weighted by molar-refractivity contribution is 5.66. The number of hydrogen-bond acceptors (Lipinski definition) is 3. The Morgan fingerprint density at radius 1 is 1.64 bits per heavy atom. The minimum Gasteiger partial charge on any atom is -0.481 e. The first-order valence-electron chi connectivity index (χ1n) is 5.09. The zero-order valence-corrected chi connectivity index (χ0v) is 9.21. The van der Waals surface area contributed by atoms with Gasteiger partial charge in [-0.15, -0.1) is 0 Å². The quantitative estimate of drug-likeness (QED) is 0.698. The van der Waals surface area contributed by atoms with E-state index in [-0.39, 0.29) is 12.0 Å². The average Bonchev–Trinajstić information content (AvgIpc) is 2.07. The van der Waals surface area contributed by atoms with E-state index in [4.69, 9.17) is 5.11 Å². The maximum absolute atomic E-state index is 10.5. The summed E-state index contributed by atoms with van der Waals surface area (Å²) >= 11 is 0. The summed E-state index contributed by atoms with van der Waals surface area (Å²) in [4.78, 5) is 12.8. The summed E-state index contributed by atoms with van der Waals surface area (Å²) in [6.07, 6.45) is 0.981. The molecular weight excluding hydrogens is 180 g/mol. The molecule has 0 amide bonds. The maximum Gasteiger partial charge on any atom is 0.303 e. The predicted octanol–water partition coefficient (Wildman–Crippen LogP) is 0.533. The number of carboxylic acids is 1. The first-order valence-corrected chi connectivity index (χ1v) is 5.09. The molecule has 1 aliphatic heterocycles. The van der Waals surface area contributed by atoms with E-state index >= 15 is 0 Å². The van der Waals surface area contributed by atoms with E-state index in [0.29, 0.717) is 6.04 Å². The SMILES string of the molecule is CN1C(CCC(=O)O)CNCC1(C)C. The topological polar surface area (TPSA) is 52.6 Å². The molecule has 2 N–H and O–H groups in total. The van der Waals surface area contributed by atoms with Crippen molar-refractivity contribution in [1.82, 2.24) is 10.2 Å². The highest BCUT2D eigenvalue weighted by Gasteiger charge is 2.33. The van der Waals surface area contributed by atoms with Crippen LogP contribution in [0.5, 0.6) is 0 Å². The highest BCUT2D eigenvalue weighted by atomic mass is 16.4. The summed E-state index contributed by atoms with van der Waals surface area (Å²) in [5, 5.41) is 12.0. The van der Waals surface area contributed by atoms with Crippen molar-refractivity contribution >= 4 is 5.97 Å². The van der Waals surface area contributed by atoms with Crippen LogP contribution in [0.4, 0.5) is 0 Å². The number of nitrogens with zero attached hydrogens (tertiary/aromatic N) is 1. The van der Waals surface area contributed by atoms with Gasteiger partial charge in [-0.3, -0.25) is 9.69 Å². The Balaban J connectivity index is 2.48. The number of nitrogens with one attached hydrogen (secondary N) is 1. The number of hydrogen-bond donors (Lipinski definition) is 2. The molecular formula is C10H20N2O2. The Kier molecular flexibility index (Phi) is 3.50. The van der Waals surface area contributed by atoms with E-state index in [2.05, 4.69) is 31.1 Å². The second-order valence-electron chi connectivity index (χ2n) is 4.64. The van der Waals surface area contributed by atoms with Gasteiger partial charge in [0.25, 0.3) is 0 Å². The van der Waals surface area contributed by atoms with Gasteiger partial charge in [-0.25, -0.2) is 0 Å². The lowest BCUT2D eigenvalue weighted by Crippen LogP contribution is -2.61. The number of aliphatic carboxylic acids is 1. The van der Waals surface area contributed by atoms with Crippen molar-refractivity contribution < 1.29 is 9.90 Å². The number of carbonyl (C=O) groups is 1. The second-order valence-corrected chi connectivity index (χ2v) is 4.64. The molecule has 1 saturated heterocycles. The molecule has 4 heteroatoms. The van der Waals surface area contributed by atoms with Crippen LogP contribution in [0.3, 0.4) is 0 Å². The van der Waals surface area contributed by atoms with Gasteiger partial charge in [0.2, 0.25) is 0 Å². The number of piperazine rings is 1. The molecule has 1 atom stereocenters. The van der Waals surface area contributed by atoms with Crippen molar-refractivity contribution in [1.29, 1.82) is 0 Å². The lowest BCUT2D eigenvalue weighted by Gasteiger charge is -2.46. The average molecular weight is 200 g/mol. The molecule has 0 aromatic carbocycles. The van der Waals surface area contributed by atoms with Crippen LogP contribution in [0.1, 0.15) is 26.7 Å². The Morgan fingerprint density at radius 2 is 2.29 bits per heavy atom. The molecule has 0 bridgehead atoms. The molecule has 0 aromatic rings. The monoisotopic (exact) mass is 200 g/mol. The Labute approximate surface area is 85.3 Å². The molecule has 1 heterocycles. The molecule has 82 valence electrons. The van der Waals surface area contributed by atoms with Gasteiger partial charge in [-0.2, -0.15) is 0 Å². The van der Waals surface area contributed by atoms with E-state index < -0.39 is 5.97 Å². The van der Waals surface area contributed by atoms with Crippen LogP contribution in [-0.4, -0.2) is 47.7 Å². The molecule has 14 heavy (non-hydrogen) atoms. The van der Waals surface area contributed by atoms with E-state index in [9.17, 15) is 4.79 Å². The van der Waals surface area contributed by atoms with E-state index in [1.165, 1.54) is 0 Å². The molecule has 0 radical (unpaired) electrons. The Hall–Kier alpha value is -0.610. The van der Waals surface area contributed by atoms with Crippen molar-refractivity contribution in [2.24, 2.45) is 0 Å². The van der Waals surface area contributed by atoms with Crippen molar-refractivity contribution in [2.75, 3.05) is 20.1 Å². The second kappa shape index (κ2) is 4.28. The third kappa shape index (κ3) is 2.69. The van der Waals surface area contributed by atoms with Crippen molar-refractivity contribution in [2.45, 2.75) is 38.3 Å². The van der Waals surface area contributed by atoms with Gasteiger partial charge in [0.1, 0.15) is 0 Å². The number of carboxylic acid groups (broad SMARTS) is 1. The van der Waals surface area contributed by atoms with Gasteiger partial charge in [0, 0.05) is 31.1 Å². The summed E-state index contributed by atoms with van der Waals surface area (Å²) in [7, 11) is 2.08. The molecule has 0 spiro atoms. The summed E-state index contributed by atoms with van der Waals surface area (Å²) < 4.78 is 0. The van der Waals surface area contributed by atoms with Crippen molar-refractivity contribution in [3.05, 3.63) is 0 Å². The van der Waals surface area contributed by atoms with Gasteiger partial charge < -0.3 is 10.4 Å². The highest BCUT2D eigenvalue weighted by Crippen LogP contribution is 2.20. The molecule has 1 unspecified atom stereocenters. The van der Waals surface area contributed by atoms with Crippen LogP contribution in [0.25, 0.3) is 0 Å². The van der Waals surface area contributed by atoms with Crippen LogP contribution in [0, 0.1) is 0 Å². The van der Waals surface area contributed by atoms with Crippen LogP contribution in [0.2, 0.25) is 0 Å². The molecule has 1 aliphatic rings. The molecule has 1 fully saturated rings. The van der Waals surface area contributed by atoms with Gasteiger partial charge >= 0.3 is 5.97 Å². The van der Waals surface area contributed by atoms with Crippen molar-refractivity contribution in [3.8, 4) is 0 Å². The summed E-state index contributed by atoms with van der Waals surface area (Å²) in [6, 6.07) is 0.342. The number of likely N-dealkylation sites (N-methyl/N-ethyl adjacent to an activating group) is 1. The smallest absolute Gasteiger partial charge is 0.303 e. The van der Waals surface area contributed by atoms with E-state index in [1.807, 2.05) is 0 Å². The summed E-state index contributed by atoms with van der Waals surface area (Å²) in [5.41, 5.74) is 0.126. The fraction of sp³-hybridized carbons (Fsp3) is 0.900. The molecule has 0 aliphatic carbocycles. The molecule has 4 nitrogen and oxygen atoms in total. The lowest BCUT2D eigenvalue weighted by molar-refractivity contribution is -0.137. The third-order valence-electron chi connectivity index (χ3n) is 3.13. The van der Waals surface area contributed by atoms with E-state index in [1.54, 1.807) is 0 Å². The fourth-order valence-corrected chi connectivity index (χ4v) is 1.89. The molecule has 1 rings (SSSR count). The van der Waals surface area contributed by atoms with Gasteiger partial charge in [-0.05, 0) is 27.3 Å². The summed E-state index contributed by atoms with van der Waals surface area (Å²) in [5.74, 6) is -0.707. The zero-order valence-electron chi connectivity index (χ0n) is 9.21. The van der Waals surface area contributed by atoms with Gasteiger partial charge in [0.05, 0.1) is 0 Å². The number of rotatable bonds is 3. The Morgan fingerprint density at radius 3 is 2.86 bits per heavy atom. The first kappa shape index (κ1) is 11.5. The lowest BCUT2D eigenvalue weighted by atomic mass is 9.95. The minimum atomic E-state index is -0.707. The van der Waals surface area contributed by atoms with Crippen LogP contribution in [-0.2, 0) is 4.79 Å². The fourth-order valence-electron chi connectivity index (χ4n) is 1.89. The zero-order chi connectivity index (χ0) is 10.8. The Bertz CT molecular complexity index is 216. The van der Waals surface area contributed by atoms with Crippen molar-refractivity contribution in [3.63, 3.8) is 0 Å². The minimum absolute atomic E-state index is 0.126. The predicted molar refractivity (Wildman–Crippen MR) is 55.4 cm³/mol. The maximum atomic E-state index is 10.5. The van der Waals surface area contributed by atoms with Crippen LogP contribution < -0.4 is 5.32 Å². The largest absolute Gasteiger partial charge is 0.481 e. The van der Waals surface area contributed by atoms with E-state index in [0.717, 1.165) is 19.5 Å². The van der Waals surface area contributed by atoms with Gasteiger partial charge in [0.15, 0.2) is 0 Å². The molecule has 0 aromatic heterocycles. The third-order valence-corrected chi connectivity index (χ3v) is 3.13.